The van der Waals surface area contributed by atoms with Crippen LogP contribution in [0.25, 0.3) is 0 Å². The Kier molecular flexibility index (Phi) is 7.41. The minimum atomic E-state index is -0.338. The summed E-state index contributed by atoms with van der Waals surface area (Å²) >= 11 is 1.68. The number of rotatable bonds is 4. The fourth-order valence-corrected chi connectivity index (χ4v) is 3.72. The first kappa shape index (κ1) is 20.6. The van der Waals surface area contributed by atoms with E-state index in [0.717, 1.165) is 35.1 Å². The molecule has 6 heteroatoms. The maximum absolute atomic E-state index is 13.1. The minimum absolute atomic E-state index is 0. The summed E-state index contributed by atoms with van der Waals surface area (Å²) in [7, 11) is 0. The number of carbonyl (C=O) groups is 1. The molecule has 0 radical (unpaired) electrons. The van der Waals surface area contributed by atoms with E-state index >= 15 is 0 Å². The third-order valence-electron chi connectivity index (χ3n) is 4.35. The highest BCUT2D eigenvalue weighted by Gasteiger charge is 2.22. The number of carbonyl (C=O) groups excluding carboxylic acids is 1. The first-order valence-electron chi connectivity index (χ1n) is 8.36. The van der Waals surface area contributed by atoms with Gasteiger partial charge >= 0.3 is 0 Å². The van der Waals surface area contributed by atoms with Crippen molar-refractivity contribution in [2.75, 3.05) is 23.7 Å². The Morgan fingerprint density at radius 1 is 1.19 bits per heavy atom. The quantitative estimate of drug-likeness (QED) is 0.617. The molecule has 0 atom stereocenters. The van der Waals surface area contributed by atoms with Gasteiger partial charge in [-0.3, -0.25) is 9.79 Å². The second-order valence-electron chi connectivity index (χ2n) is 6.10. The van der Waals surface area contributed by atoms with Crippen LogP contribution in [0.2, 0.25) is 0 Å². The molecule has 1 heterocycles. The van der Waals surface area contributed by atoms with E-state index in [1.54, 1.807) is 11.8 Å². The number of aliphatic imine (C=N–C) groups is 1. The first-order chi connectivity index (χ1) is 12.1. The Morgan fingerprint density at radius 2 is 1.92 bits per heavy atom. The summed E-state index contributed by atoms with van der Waals surface area (Å²) in [6.45, 7) is 5.11. The van der Waals surface area contributed by atoms with Crippen LogP contribution in [0.3, 0.4) is 0 Å². The molecule has 0 bridgehead atoms. The van der Waals surface area contributed by atoms with Gasteiger partial charge in [-0.05, 0) is 61.7 Å². The normalized spacial score (nSPS) is 13.6. The fourth-order valence-electron chi connectivity index (χ4n) is 2.77. The molecular formula is C20H22BrFN2OS. The van der Waals surface area contributed by atoms with E-state index in [1.807, 2.05) is 17.0 Å². The maximum Gasteiger partial charge on any atom is 0.182 e. The number of anilines is 1. The number of Topliss-reactive ketones (excluding diaryl/α,β-unsaturated/α-hetero) is 1. The van der Waals surface area contributed by atoms with Crippen molar-refractivity contribution in [1.82, 2.24) is 0 Å². The Morgan fingerprint density at radius 3 is 2.58 bits per heavy atom. The van der Waals surface area contributed by atoms with Gasteiger partial charge in [0, 0.05) is 23.5 Å². The van der Waals surface area contributed by atoms with E-state index in [4.69, 9.17) is 0 Å². The van der Waals surface area contributed by atoms with Gasteiger partial charge < -0.3 is 4.90 Å². The van der Waals surface area contributed by atoms with Crippen molar-refractivity contribution in [1.29, 1.82) is 0 Å². The van der Waals surface area contributed by atoms with Crippen molar-refractivity contribution in [3.63, 3.8) is 0 Å². The van der Waals surface area contributed by atoms with Crippen LogP contribution in [-0.2, 0) is 0 Å². The fraction of sp³-hybridized carbons (Fsp3) is 0.300. The van der Waals surface area contributed by atoms with Crippen LogP contribution in [-0.4, -0.2) is 29.8 Å². The van der Waals surface area contributed by atoms with Crippen molar-refractivity contribution in [3.8, 4) is 0 Å². The van der Waals surface area contributed by atoms with Gasteiger partial charge in [0.1, 0.15) is 5.82 Å². The van der Waals surface area contributed by atoms with Crippen molar-refractivity contribution in [2.45, 2.75) is 20.3 Å². The summed E-state index contributed by atoms with van der Waals surface area (Å²) in [6, 6.07) is 11.8. The third kappa shape index (κ3) is 4.74. The summed E-state index contributed by atoms with van der Waals surface area (Å²) in [6.07, 6.45) is 1.06. The lowest BCUT2D eigenvalue weighted by molar-refractivity contribution is 0.100. The van der Waals surface area contributed by atoms with Crippen LogP contribution in [0.15, 0.2) is 47.5 Å². The Hall–Kier alpha value is -1.66. The van der Waals surface area contributed by atoms with Gasteiger partial charge in [0.25, 0.3) is 0 Å². The van der Waals surface area contributed by atoms with Gasteiger partial charge in [0.2, 0.25) is 0 Å². The molecule has 0 saturated carbocycles. The molecule has 0 saturated heterocycles. The van der Waals surface area contributed by atoms with Crippen LogP contribution in [0.5, 0.6) is 0 Å². The summed E-state index contributed by atoms with van der Waals surface area (Å²) in [5.41, 5.74) is 3.84. The average Bonchev–Trinajstić information content (AvgIpc) is 2.63. The van der Waals surface area contributed by atoms with E-state index < -0.39 is 0 Å². The molecular weight excluding hydrogens is 415 g/mol. The molecule has 0 N–H and O–H groups in total. The molecule has 2 aromatic carbocycles. The summed E-state index contributed by atoms with van der Waals surface area (Å²) in [4.78, 5) is 19.4. The molecule has 0 aromatic heterocycles. The number of amidine groups is 1. The summed E-state index contributed by atoms with van der Waals surface area (Å²) in [5.74, 6) is 0.621. The Balaban J connectivity index is 0.00000243. The number of hydrogen-bond acceptors (Lipinski definition) is 4. The van der Waals surface area contributed by atoms with Crippen molar-refractivity contribution in [3.05, 3.63) is 65.0 Å². The van der Waals surface area contributed by atoms with Crippen LogP contribution in [0, 0.1) is 19.7 Å². The van der Waals surface area contributed by atoms with Crippen LogP contribution < -0.4 is 4.90 Å². The molecule has 138 valence electrons. The van der Waals surface area contributed by atoms with Gasteiger partial charge in [-0.1, -0.05) is 23.9 Å². The highest BCUT2D eigenvalue weighted by molar-refractivity contribution is 8.93. The first-order valence-corrected chi connectivity index (χ1v) is 9.34. The van der Waals surface area contributed by atoms with Crippen molar-refractivity contribution in [2.24, 2.45) is 4.99 Å². The van der Waals surface area contributed by atoms with Crippen LogP contribution in [0.1, 0.15) is 27.9 Å². The number of nitrogens with zero attached hydrogens (tertiary/aromatic N) is 2. The molecule has 1 aliphatic heterocycles. The molecule has 3 rings (SSSR count). The lowest BCUT2D eigenvalue weighted by Crippen LogP contribution is -2.36. The molecule has 3 nitrogen and oxygen atoms in total. The van der Waals surface area contributed by atoms with Gasteiger partial charge in [-0.2, -0.15) is 0 Å². The molecule has 0 aliphatic carbocycles. The number of benzene rings is 2. The largest absolute Gasteiger partial charge is 0.313 e. The second-order valence-corrected chi connectivity index (χ2v) is 7.16. The van der Waals surface area contributed by atoms with Crippen molar-refractivity contribution < 1.29 is 9.18 Å². The lowest BCUT2D eigenvalue weighted by Gasteiger charge is -2.29. The maximum atomic E-state index is 13.1. The number of thioether (sulfide) groups is 1. The van der Waals surface area contributed by atoms with Gasteiger partial charge in [-0.15, -0.1) is 17.0 Å². The molecule has 0 spiro atoms. The topological polar surface area (TPSA) is 32.7 Å². The monoisotopic (exact) mass is 436 g/mol. The number of ketones is 1. The summed E-state index contributed by atoms with van der Waals surface area (Å²) in [5, 5.41) is 0.885. The summed E-state index contributed by atoms with van der Waals surface area (Å²) < 4.78 is 13.1. The smallest absolute Gasteiger partial charge is 0.182 e. The van der Waals surface area contributed by atoms with Gasteiger partial charge in [0.15, 0.2) is 11.0 Å². The van der Waals surface area contributed by atoms with Crippen LogP contribution >= 0.6 is 28.7 Å². The molecule has 0 amide bonds. The standard InChI is InChI=1S/C20H21FN2OS.BrH/c1-14-5-3-6-18(15(14)2)23(20-22-11-4-12-25-20)13-19(24)16-7-9-17(21)10-8-16;/h3,5-10H,4,11-13H2,1-2H3;1H. The zero-order chi connectivity index (χ0) is 17.8. The molecule has 0 unspecified atom stereocenters. The lowest BCUT2D eigenvalue weighted by atomic mass is 10.1. The Labute approximate surface area is 168 Å². The molecule has 1 aliphatic rings. The molecule has 2 aromatic rings. The predicted octanol–water partition coefficient (Wildman–Crippen LogP) is 5.20. The van der Waals surface area contributed by atoms with E-state index in [9.17, 15) is 9.18 Å². The highest BCUT2D eigenvalue weighted by atomic mass is 79.9. The molecule has 26 heavy (non-hydrogen) atoms. The van der Waals surface area contributed by atoms with Gasteiger partial charge in [-0.25, -0.2) is 4.39 Å². The third-order valence-corrected chi connectivity index (χ3v) is 5.45. The predicted molar refractivity (Wildman–Crippen MR) is 114 cm³/mol. The average molecular weight is 437 g/mol. The molecule has 0 fully saturated rings. The SMILES string of the molecule is Br.Cc1cccc(N(CC(=O)c2ccc(F)cc2)C2=NCCCS2)c1C. The van der Waals surface area contributed by atoms with E-state index in [2.05, 4.69) is 24.9 Å². The highest BCUT2D eigenvalue weighted by Crippen LogP contribution is 2.28. The van der Waals surface area contributed by atoms with Crippen LogP contribution in [0.4, 0.5) is 10.1 Å². The second kappa shape index (κ2) is 9.33. The zero-order valence-corrected chi connectivity index (χ0v) is 17.4. The van der Waals surface area contributed by atoms with E-state index in [1.165, 1.54) is 29.8 Å². The Bertz CT molecular complexity index is 808. The van der Waals surface area contributed by atoms with E-state index in [-0.39, 0.29) is 35.1 Å². The number of aryl methyl sites for hydroxylation is 1. The van der Waals surface area contributed by atoms with E-state index in [0.29, 0.717) is 5.56 Å². The van der Waals surface area contributed by atoms with Crippen molar-refractivity contribution >= 4 is 45.4 Å². The number of hydrogen-bond donors (Lipinski definition) is 0. The zero-order valence-electron chi connectivity index (χ0n) is 14.9. The van der Waals surface area contributed by atoms with Gasteiger partial charge in [0.05, 0.1) is 6.54 Å². The minimum Gasteiger partial charge on any atom is -0.313 e. The number of halogens is 2.